The van der Waals surface area contributed by atoms with E-state index < -0.39 is 4.99 Å². The molecule has 0 amide bonds. The fraction of sp³-hybridized carbons (Fsp3) is 0.438. The van der Waals surface area contributed by atoms with Crippen molar-refractivity contribution in [2.24, 2.45) is 10.2 Å². The van der Waals surface area contributed by atoms with E-state index in [1.807, 2.05) is 43.1 Å². The molecule has 0 saturated carbocycles. The molecule has 1 aromatic carbocycles. The highest BCUT2D eigenvalue weighted by Crippen LogP contribution is 2.43. The zero-order chi connectivity index (χ0) is 16.4. The molecule has 3 rings (SSSR count). The first-order chi connectivity index (χ1) is 11.0. The first kappa shape index (κ1) is 15.9. The van der Waals surface area contributed by atoms with Gasteiger partial charge in [-0.3, -0.25) is 5.43 Å². The van der Waals surface area contributed by atoms with Crippen LogP contribution in [0.4, 0.5) is 5.69 Å². The summed E-state index contributed by atoms with van der Waals surface area (Å²) in [6.07, 6.45) is 1.65. The number of nitrogens with zero attached hydrogens (tertiary/aromatic N) is 3. The summed E-state index contributed by atoms with van der Waals surface area (Å²) in [5.41, 5.74) is 6.33. The second-order valence-corrected chi connectivity index (χ2v) is 6.88. The van der Waals surface area contributed by atoms with Crippen LogP contribution in [-0.2, 0) is 9.53 Å². The number of esters is 1. The van der Waals surface area contributed by atoms with Crippen molar-refractivity contribution < 1.29 is 9.53 Å². The quantitative estimate of drug-likeness (QED) is 0.862. The molecule has 1 atom stereocenters. The average molecular weight is 332 g/mol. The SMILES string of the molecule is CCOC(=O)C1=NN(c2ccc(C)cc2)C2(CCC(C)=NN2)S1. The van der Waals surface area contributed by atoms with E-state index in [4.69, 9.17) is 4.74 Å². The average Bonchev–Trinajstić information content (AvgIpc) is 2.91. The van der Waals surface area contributed by atoms with E-state index in [1.165, 1.54) is 17.3 Å². The van der Waals surface area contributed by atoms with Gasteiger partial charge in [0, 0.05) is 12.1 Å². The minimum atomic E-state index is -0.573. The predicted octanol–water partition coefficient (Wildman–Crippen LogP) is 2.84. The normalized spacial score (nSPS) is 23.3. The number of benzene rings is 1. The summed E-state index contributed by atoms with van der Waals surface area (Å²) in [5.74, 6) is -0.389. The van der Waals surface area contributed by atoms with E-state index in [1.54, 1.807) is 6.92 Å². The van der Waals surface area contributed by atoms with Crippen molar-refractivity contribution in [3.63, 3.8) is 0 Å². The molecule has 0 fully saturated rings. The Morgan fingerprint density at radius 1 is 1.39 bits per heavy atom. The molecule has 7 heteroatoms. The molecule has 0 aromatic heterocycles. The number of nitrogens with one attached hydrogen (secondary N) is 1. The zero-order valence-corrected chi connectivity index (χ0v) is 14.3. The molecule has 0 aliphatic carbocycles. The first-order valence-electron chi connectivity index (χ1n) is 7.66. The molecule has 2 heterocycles. The number of hydrogen-bond acceptors (Lipinski definition) is 7. The van der Waals surface area contributed by atoms with Crippen LogP contribution >= 0.6 is 11.8 Å². The van der Waals surface area contributed by atoms with Crippen molar-refractivity contribution in [2.75, 3.05) is 11.6 Å². The predicted molar refractivity (Wildman–Crippen MR) is 93.5 cm³/mol. The molecule has 1 aromatic rings. The van der Waals surface area contributed by atoms with Crippen LogP contribution in [0.2, 0.25) is 0 Å². The number of rotatable bonds is 3. The minimum Gasteiger partial charge on any atom is -0.461 e. The molecule has 2 aliphatic rings. The number of carbonyl (C=O) groups is 1. The van der Waals surface area contributed by atoms with Gasteiger partial charge >= 0.3 is 5.97 Å². The number of thioether (sulfide) groups is 1. The highest BCUT2D eigenvalue weighted by Gasteiger charge is 2.48. The van der Waals surface area contributed by atoms with Crippen LogP contribution in [0.25, 0.3) is 0 Å². The summed E-state index contributed by atoms with van der Waals surface area (Å²) in [6.45, 7) is 6.15. The fourth-order valence-electron chi connectivity index (χ4n) is 2.49. The third-order valence-corrected chi connectivity index (χ3v) is 5.02. The second kappa shape index (κ2) is 6.23. The van der Waals surface area contributed by atoms with Gasteiger partial charge in [0.05, 0.1) is 12.3 Å². The van der Waals surface area contributed by atoms with Gasteiger partial charge in [-0.1, -0.05) is 17.7 Å². The summed E-state index contributed by atoms with van der Waals surface area (Å²) in [6, 6.07) is 8.07. The molecule has 23 heavy (non-hydrogen) atoms. The zero-order valence-electron chi connectivity index (χ0n) is 13.5. The summed E-state index contributed by atoms with van der Waals surface area (Å²) in [5, 5.41) is 11.1. The molecular formula is C16H20N4O2S. The van der Waals surface area contributed by atoms with Crippen molar-refractivity contribution in [2.45, 2.75) is 38.6 Å². The third kappa shape index (κ3) is 3.06. The van der Waals surface area contributed by atoms with Crippen LogP contribution in [0.15, 0.2) is 34.5 Å². The Bertz CT molecular complexity index is 671. The number of ether oxygens (including phenoxy) is 1. The molecule has 0 radical (unpaired) electrons. The number of aryl methyl sites for hydroxylation is 1. The highest BCUT2D eigenvalue weighted by molar-refractivity contribution is 8.17. The van der Waals surface area contributed by atoms with Crippen LogP contribution in [0.5, 0.6) is 0 Å². The van der Waals surface area contributed by atoms with Gasteiger partial charge in [-0.15, -0.1) is 0 Å². The molecule has 1 spiro atoms. The maximum atomic E-state index is 12.1. The topological polar surface area (TPSA) is 66.3 Å². The Balaban J connectivity index is 1.96. The van der Waals surface area contributed by atoms with E-state index in [2.05, 4.69) is 15.6 Å². The van der Waals surface area contributed by atoms with Gasteiger partial charge < -0.3 is 4.74 Å². The lowest BCUT2D eigenvalue weighted by molar-refractivity contribution is -0.134. The van der Waals surface area contributed by atoms with Crippen molar-refractivity contribution in [3.8, 4) is 0 Å². The van der Waals surface area contributed by atoms with E-state index in [0.717, 1.165) is 24.2 Å². The number of hydrogen-bond donors (Lipinski definition) is 1. The Kier molecular flexibility index (Phi) is 4.30. The minimum absolute atomic E-state index is 0.334. The van der Waals surface area contributed by atoms with Gasteiger partial charge in [0.15, 0.2) is 0 Å². The Labute approximate surface area is 140 Å². The van der Waals surface area contributed by atoms with Crippen LogP contribution in [0.1, 0.15) is 32.3 Å². The molecule has 0 bridgehead atoms. The van der Waals surface area contributed by atoms with Crippen LogP contribution in [0, 0.1) is 6.92 Å². The standard InChI is InChI=1S/C16H20N4O2S/c1-4-22-15(21)14-18-20(13-7-5-11(2)6-8-13)16(23-14)10-9-12(3)17-19-16/h5-8,19H,4,9-10H2,1-3H3. The molecule has 1 unspecified atom stereocenters. The molecule has 2 aliphatic heterocycles. The Morgan fingerprint density at radius 3 is 2.74 bits per heavy atom. The molecule has 6 nitrogen and oxygen atoms in total. The summed E-state index contributed by atoms with van der Waals surface area (Å²) in [4.78, 5) is 11.5. The van der Waals surface area contributed by atoms with Crippen molar-refractivity contribution >= 4 is 34.2 Å². The Hall–Kier alpha value is -2.02. The molecular weight excluding hydrogens is 312 g/mol. The lowest BCUT2D eigenvalue weighted by Crippen LogP contribution is -2.52. The summed E-state index contributed by atoms with van der Waals surface area (Å²) in [7, 11) is 0. The Morgan fingerprint density at radius 2 is 2.13 bits per heavy atom. The van der Waals surface area contributed by atoms with Crippen LogP contribution in [0.3, 0.4) is 0 Å². The smallest absolute Gasteiger partial charge is 0.365 e. The summed E-state index contributed by atoms with van der Waals surface area (Å²) < 4.78 is 5.10. The van der Waals surface area contributed by atoms with Crippen LogP contribution < -0.4 is 10.4 Å². The number of hydrazone groups is 2. The van der Waals surface area contributed by atoms with Gasteiger partial charge in [-0.2, -0.15) is 10.2 Å². The van der Waals surface area contributed by atoms with Gasteiger partial charge in [-0.25, -0.2) is 9.80 Å². The first-order valence-corrected chi connectivity index (χ1v) is 8.48. The van der Waals surface area contributed by atoms with E-state index in [0.29, 0.717) is 11.7 Å². The molecule has 1 N–H and O–H groups in total. The van der Waals surface area contributed by atoms with E-state index in [-0.39, 0.29) is 5.97 Å². The van der Waals surface area contributed by atoms with Crippen molar-refractivity contribution in [3.05, 3.63) is 29.8 Å². The largest absolute Gasteiger partial charge is 0.461 e. The van der Waals surface area contributed by atoms with E-state index in [9.17, 15) is 4.79 Å². The van der Waals surface area contributed by atoms with Gasteiger partial charge in [0.1, 0.15) is 0 Å². The summed E-state index contributed by atoms with van der Waals surface area (Å²) >= 11 is 1.37. The lowest BCUT2D eigenvalue weighted by atomic mass is 10.1. The highest BCUT2D eigenvalue weighted by atomic mass is 32.2. The van der Waals surface area contributed by atoms with Gasteiger partial charge in [0.2, 0.25) is 10.0 Å². The number of anilines is 1. The van der Waals surface area contributed by atoms with Crippen molar-refractivity contribution in [1.29, 1.82) is 0 Å². The number of carbonyl (C=O) groups excluding carboxylic acids is 1. The third-order valence-electron chi connectivity index (χ3n) is 3.77. The monoisotopic (exact) mass is 332 g/mol. The van der Waals surface area contributed by atoms with Gasteiger partial charge in [0.25, 0.3) is 0 Å². The van der Waals surface area contributed by atoms with Gasteiger partial charge in [-0.05, 0) is 51.1 Å². The molecule has 0 saturated heterocycles. The molecule has 122 valence electrons. The van der Waals surface area contributed by atoms with Crippen molar-refractivity contribution in [1.82, 2.24) is 5.43 Å². The maximum Gasteiger partial charge on any atom is 0.365 e. The second-order valence-electron chi connectivity index (χ2n) is 5.62. The maximum absolute atomic E-state index is 12.1. The lowest BCUT2D eigenvalue weighted by Gasteiger charge is -2.38. The fourth-order valence-corrected chi connectivity index (χ4v) is 3.61. The van der Waals surface area contributed by atoms with E-state index >= 15 is 0 Å². The van der Waals surface area contributed by atoms with Crippen LogP contribution in [-0.4, -0.2) is 28.3 Å².